The summed E-state index contributed by atoms with van der Waals surface area (Å²) < 4.78 is 15.5. The van der Waals surface area contributed by atoms with Crippen molar-refractivity contribution in [3.8, 4) is 11.3 Å². The summed E-state index contributed by atoms with van der Waals surface area (Å²) >= 11 is 0. The van der Waals surface area contributed by atoms with Crippen LogP contribution in [-0.2, 0) is 13.6 Å². The van der Waals surface area contributed by atoms with Gasteiger partial charge >= 0.3 is 0 Å². The molecule has 3 aromatic rings. The Bertz CT molecular complexity index is 1040. The molecule has 7 heteroatoms. The summed E-state index contributed by atoms with van der Waals surface area (Å²) in [5, 5.41) is 4.85. The zero-order valence-corrected chi connectivity index (χ0v) is 18.0. The summed E-state index contributed by atoms with van der Waals surface area (Å²) in [6.45, 7) is 4.78. The molecule has 5 rings (SSSR count). The molecule has 0 amide bonds. The Morgan fingerprint density at radius 1 is 1.10 bits per heavy atom. The zero-order chi connectivity index (χ0) is 21.2. The summed E-state index contributed by atoms with van der Waals surface area (Å²) in [5.74, 6) is 0.987. The highest BCUT2D eigenvalue weighted by atomic mass is 19.1. The Kier molecular flexibility index (Phi) is 5.68. The highest BCUT2D eigenvalue weighted by molar-refractivity contribution is 5.63. The Morgan fingerprint density at radius 3 is 2.81 bits per heavy atom. The van der Waals surface area contributed by atoms with Crippen molar-refractivity contribution in [3.05, 3.63) is 59.8 Å². The molecule has 2 fully saturated rings. The van der Waals surface area contributed by atoms with Crippen LogP contribution in [0.2, 0.25) is 0 Å². The first-order valence-corrected chi connectivity index (χ1v) is 11.2. The number of rotatable bonds is 5. The Labute approximate surface area is 182 Å². The van der Waals surface area contributed by atoms with Crippen LogP contribution in [0, 0.1) is 5.82 Å². The number of aryl methyl sites for hydroxylation is 1. The van der Waals surface area contributed by atoms with Gasteiger partial charge in [-0.05, 0) is 56.0 Å². The second-order valence-electron chi connectivity index (χ2n) is 8.74. The molecule has 31 heavy (non-hydrogen) atoms. The minimum atomic E-state index is -0.171. The number of hydrogen-bond acceptors (Lipinski definition) is 5. The smallest absolute Gasteiger partial charge is 0.225 e. The predicted molar refractivity (Wildman–Crippen MR) is 119 cm³/mol. The van der Waals surface area contributed by atoms with Crippen LogP contribution in [0.4, 0.5) is 10.3 Å². The summed E-state index contributed by atoms with van der Waals surface area (Å²) in [7, 11) is 1.98. The Morgan fingerprint density at radius 2 is 1.97 bits per heavy atom. The van der Waals surface area contributed by atoms with Crippen LogP contribution in [0.25, 0.3) is 11.3 Å². The predicted octanol–water partition coefficient (Wildman–Crippen LogP) is 4.00. The van der Waals surface area contributed by atoms with E-state index < -0.39 is 0 Å². The minimum absolute atomic E-state index is 0.171. The number of nitrogens with zero attached hydrogens (tertiary/aromatic N) is 6. The van der Waals surface area contributed by atoms with Crippen molar-refractivity contribution in [2.24, 2.45) is 7.05 Å². The second kappa shape index (κ2) is 8.75. The Balaban J connectivity index is 1.38. The van der Waals surface area contributed by atoms with Crippen molar-refractivity contribution in [2.45, 2.75) is 38.1 Å². The van der Waals surface area contributed by atoms with E-state index in [4.69, 9.17) is 10.1 Å². The third-order valence-corrected chi connectivity index (χ3v) is 6.35. The fourth-order valence-electron chi connectivity index (χ4n) is 4.89. The maximum absolute atomic E-state index is 13.6. The van der Waals surface area contributed by atoms with Crippen LogP contribution in [0.15, 0.2) is 42.7 Å². The molecule has 162 valence electrons. The molecule has 1 aromatic carbocycles. The molecule has 2 aromatic heterocycles. The molecule has 2 saturated heterocycles. The van der Waals surface area contributed by atoms with Crippen LogP contribution >= 0.6 is 0 Å². The van der Waals surface area contributed by atoms with E-state index in [1.165, 1.54) is 18.9 Å². The van der Waals surface area contributed by atoms with Crippen molar-refractivity contribution >= 4 is 5.95 Å². The maximum atomic E-state index is 13.6. The molecular weight excluding hydrogens is 391 g/mol. The number of halogens is 1. The molecule has 0 N–H and O–H groups in total. The van der Waals surface area contributed by atoms with Gasteiger partial charge in [0, 0.05) is 57.1 Å². The van der Waals surface area contributed by atoms with Crippen LogP contribution in [0.1, 0.15) is 42.9 Å². The summed E-state index contributed by atoms with van der Waals surface area (Å²) in [6, 6.07) is 8.92. The van der Waals surface area contributed by atoms with Crippen LogP contribution in [0.5, 0.6) is 0 Å². The molecule has 2 aliphatic rings. The average molecular weight is 421 g/mol. The fraction of sp³-hybridized carbons (Fsp3) is 0.458. The minimum Gasteiger partial charge on any atom is -0.341 e. The van der Waals surface area contributed by atoms with Crippen LogP contribution < -0.4 is 4.90 Å². The van der Waals surface area contributed by atoms with Crippen molar-refractivity contribution in [1.82, 2.24) is 24.6 Å². The van der Waals surface area contributed by atoms with E-state index in [9.17, 15) is 4.39 Å². The lowest BCUT2D eigenvalue weighted by molar-refractivity contribution is 0.198. The van der Waals surface area contributed by atoms with Gasteiger partial charge in [-0.15, -0.1) is 0 Å². The third-order valence-electron chi connectivity index (χ3n) is 6.35. The number of piperidine rings is 1. The number of anilines is 1. The molecule has 0 aliphatic carbocycles. The first-order chi connectivity index (χ1) is 15.2. The standard InChI is InChI=1S/C24H29FN6/c1-29-17-21(22-9-10-26-24(27-22)31-12-2-3-13-31)23(28-29)19-7-5-11-30(16-19)15-18-6-4-8-20(25)14-18/h4,6,8-10,14,17,19H,2-3,5,7,11-13,15-16H2,1H3/t19-/m1/s1. The topological polar surface area (TPSA) is 50.1 Å². The molecule has 1 atom stereocenters. The van der Waals surface area contributed by atoms with Gasteiger partial charge in [-0.25, -0.2) is 14.4 Å². The second-order valence-corrected chi connectivity index (χ2v) is 8.74. The van der Waals surface area contributed by atoms with Crippen LogP contribution in [0.3, 0.4) is 0 Å². The van der Waals surface area contributed by atoms with E-state index in [0.717, 1.165) is 74.0 Å². The molecule has 0 bridgehead atoms. The molecule has 4 heterocycles. The number of likely N-dealkylation sites (tertiary alicyclic amines) is 1. The quantitative estimate of drug-likeness (QED) is 0.625. The van der Waals surface area contributed by atoms with Crippen molar-refractivity contribution in [3.63, 3.8) is 0 Å². The molecule has 0 unspecified atom stereocenters. The van der Waals surface area contributed by atoms with Gasteiger partial charge in [0.1, 0.15) is 5.82 Å². The van der Waals surface area contributed by atoms with E-state index in [0.29, 0.717) is 5.92 Å². The molecule has 2 aliphatic heterocycles. The largest absolute Gasteiger partial charge is 0.341 e. The van der Waals surface area contributed by atoms with E-state index in [1.54, 1.807) is 12.1 Å². The van der Waals surface area contributed by atoms with E-state index in [2.05, 4.69) is 21.0 Å². The summed E-state index contributed by atoms with van der Waals surface area (Å²) in [6.07, 6.45) is 8.57. The molecule has 0 saturated carbocycles. The first-order valence-electron chi connectivity index (χ1n) is 11.2. The molecule has 0 radical (unpaired) electrons. The molecule has 0 spiro atoms. The lowest BCUT2D eigenvalue weighted by Gasteiger charge is -2.32. The van der Waals surface area contributed by atoms with Crippen molar-refractivity contribution in [2.75, 3.05) is 31.1 Å². The lowest BCUT2D eigenvalue weighted by atomic mass is 9.91. The van der Waals surface area contributed by atoms with Gasteiger partial charge in [0.2, 0.25) is 5.95 Å². The zero-order valence-electron chi connectivity index (χ0n) is 18.0. The third kappa shape index (κ3) is 4.46. The summed E-state index contributed by atoms with van der Waals surface area (Å²) in [4.78, 5) is 14.1. The summed E-state index contributed by atoms with van der Waals surface area (Å²) in [5.41, 5.74) is 4.18. The monoisotopic (exact) mass is 420 g/mol. The lowest BCUT2D eigenvalue weighted by Crippen LogP contribution is -2.34. The van der Waals surface area contributed by atoms with Gasteiger partial charge in [-0.2, -0.15) is 5.10 Å². The van der Waals surface area contributed by atoms with Gasteiger partial charge in [-0.3, -0.25) is 9.58 Å². The highest BCUT2D eigenvalue weighted by Crippen LogP contribution is 2.34. The van der Waals surface area contributed by atoms with E-state index >= 15 is 0 Å². The van der Waals surface area contributed by atoms with Crippen LogP contribution in [-0.4, -0.2) is 50.8 Å². The molecular formula is C24H29FN6. The first kappa shape index (κ1) is 20.1. The van der Waals surface area contributed by atoms with Gasteiger partial charge in [0.05, 0.1) is 11.4 Å². The van der Waals surface area contributed by atoms with E-state index in [1.807, 2.05) is 30.1 Å². The average Bonchev–Trinajstić information content (AvgIpc) is 3.44. The van der Waals surface area contributed by atoms with Gasteiger partial charge in [-0.1, -0.05) is 12.1 Å². The van der Waals surface area contributed by atoms with E-state index in [-0.39, 0.29) is 5.82 Å². The highest BCUT2D eigenvalue weighted by Gasteiger charge is 2.27. The number of aromatic nitrogens is 4. The number of benzene rings is 1. The van der Waals surface area contributed by atoms with Crippen molar-refractivity contribution < 1.29 is 4.39 Å². The maximum Gasteiger partial charge on any atom is 0.225 e. The normalized spacial score (nSPS) is 19.8. The molecule has 6 nitrogen and oxygen atoms in total. The van der Waals surface area contributed by atoms with Crippen molar-refractivity contribution in [1.29, 1.82) is 0 Å². The van der Waals surface area contributed by atoms with Gasteiger partial charge in [0.15, 0.2) is 0 Å². The Hall–Kier alpha value is -2.80. The van der Waals surface area contributed by atoms with Gasteiger partial charge in [0.25, 0.3) is 0 Å². The SMILES string of the molecule is Cn1cc(-c2ccnc(N3CCCC3)n2)c([C@@H]2CCCN(Cc3cccc(F)c3)C2)n1. The fourth-order valence-corrected chi connectivity index (χ4v) is 4.89. The van der Waals surface area contributed by atoms with Gasteiger partial charge < -0.3 is 4.90 Å². The number of hydrogen-bond donors (Lipinski definition) is 0.